The molecule has 7 nitrogen and oxygen atoms in total. The van der Waals surface area contributed by atoms with Crippen molar-refractivity contribution in [1.29, 1.82) is 0 Å². The van der Waals surface area contributed by atoms with Gasteiger partial charge >= 0.3 is 0 Å². The molecule has 0 saturated carbocycles. The zero-order valence-corrected chi connectivity index (χ0v) is 14.9. The van der Waals surface area contributed by atoms with Crippen molar-refractivity contribution in [3.05, 3.63) is 54.4 Å². The maximum absolute atomic E-state index is 13.7. The van der Waals surface area contributed by atoms with Gasteiger partial charge in [0.15, 0.2) is 11.5 Å². The van der Waals surface area contributed by atoms with Crippen LogP contribution in [0.15, 0.2) is 42.9 Å². The number of carbonyl (C=O) groups excluding carboxylic acids is 1. The van der Waals surface area contributed by atoms with Crippen LogP contribution < -0.4 is 10.1 Å². The number of ether oxygens (including phenoxy) is 1. The van der Waals surface area contributed by atoms with Crippen LogP contribution in [0.4, 0.5) is 10.1 Å². The van der Waals surface area contributed by atoms with Crippen LogP contribution in [0.5, 0.6) is 5.88 Å². The summed E-state index contributed by atoms with van der Waals surface area (Å²) in [7, 11) is 2.10. The highest BCUT2D eigenvalue weighted by atomic mass is 19.1. The van der Waals surface area contributed by atoms with E-state index in [1.54, 1.807) is 30.6 Å². The third kappa shape index (κ3) is 3.90. The molecule has 4 heterocycles. The van der Waals surface area contributed by atoms with Crippen molar-refractivity contribution in [3.8, 4) is 5.88 Å². The van der Waals surface area contributed by atoms with E-state index in [0.717, 1.165) is 25.9 Å². The molecule has 140 valence electrons. The van der Waals surface area contributed by atoms with Gasteiger partial charge in [-0.15, -0.1) is 0 Å². The second-order valence-corrected chi connectivity index (χ2v) is 6.67. The van der Waals surface area contributed by atoms with Crippen LogP contribution in [-0.2, 0) is 0 Å². The Labute approximate surface area is 155 Å². The van der Waals surface area contributed by atoms with Crippen LogP contribution in [0.25, 0.3) is 5.65 Å². The first-order valence-corrected chi connectivity index (χ1v) is 8.84. The van der Waals surface area contributed by atoms with Crippen molar-refractivity contribution in [1.82, 2.24) is 19.3 Å². The Morgan fingerprint density at radius 2 is 2.11 bits per heavy atom. The smallest absolute Gasteiger partial charge is 0.275 e. The van der Waals surface area contributed by atoms with Crippen LogP contribution in [0.3, 0.4) is 0 Å². The second kappa shape index (κ2) is 7.32. The lowest BCUT2D eigenvalue weighted by Gasteiger charge is -2.28. The first-order valence-electron chi connectivity index (χ1n) is 8.84. The average Bonchev–Trinajstić information content (AvgIpc) is 3.11. The highest BCUT2D eigenvalue weighted by molar-refractivity contribution is 6.03. The van der Waals surface area contributed by atoms with E-state index < -0.39 is 11.7 Å². The van der Waals surface area contributed by atoms with Gasteiger partial charge < -0.3 is 19.4 Å². The van der Waals surface area contributed by atoms with E-state index in [1.807, 2.05) is 0 Å². The van der Waals surface area contributed by atoms with Crippen molar-refractivity contribution in [3.63, 3.8) is 0 Å². The largest absolute Gasteiger partial charge is 0.474 e. The number of nitrogens with zero attached hydrogens (tertiary/aromatic N) is 4. The number of piperidine rings is 1. The molecule has 3 aromatic rings. The van der Waals surface area contributed by atoms with Gasteiger partial charge in [-0.3, -0.25) is 4.79 Å². The number of aromatic nitrogens is 3. The van der Waals surface area contributed by atoms with E-state index in [4.69, 9.17) is 4.74 Å². The lowest BCUT2D eigenvalue weighted by atomic mass is 10.1. The summed E-state index contributed by atoms with van der Waals surface area (Å²) >= 11 is 0. The number of anilines is 1. The number of likely N-dealkylation sites (tertiary alicyclic amines) is 1. The number of carbonyl (C=O) groups is 1. The van der Waals surface area contributed by atoms with E-state index >= 15 is 0 Å². The zero-order valence-electron chi connectivity index (χ0n) is 14.9. The van der Waals surface area contributed by atoms with Gasteiger partial charge in [0.25, 0.3) is 5.91 Å². The minimum absolute atomic E-state index is 0.114. The fraction of sp³-hybridized carbons (Fsp3) is 0.316. The Hall–Kier alpha value is -3.00. The standard InChI is InChI=1S/C19H20FN5O2/c1-24-9-6-14(7-10-24)27-17-5-4-13(11-21-17)22-19(26)16-12-25-8-2-3-15(20)18(25)23-16/h2-5,8,11-12,14H,6-7,9-10H2,1H3,(H,22,26). The molecule has 1 N–H and O–H groups in total. The first-order chi connectivity index (χ1) is 13.1. The molecule has 1 aliphatic rings. The van der Waals surface area contributed by atoms with Gasteiger partial charge in [-0.05, 0) is 38.1 Å². The quantitative estimate of drug-likeness (QED) is 0.765. The fourth-order valence-electron chi connectivity index (χ4n) is 3.08. The number of nitrogens with one attached hydrogen (secondary N) is 1. The summed E-state index contributed by atoms with van der Waals surface area (Å²) in [6.45, 7) is 2.02. The van der Waals surface area contributed by atoms with Crippen LogP contribution in [0, 0.1) is 5.82 Å². The summed E-state index contributed by atoms with van der Waals surface area (Å²) in [6, 6.07) is 6.32. The molecule has 0 aromatic carbocycles. The van der Waals surface area contributed by atoms with Gasteiger partial charge in [-0.1, -0.05) is 0 Å². The zero-order chi connectivity index (χ0) is 18.8. The minimum Gasteiger partial charge on any atom is -0.474 e. The lowest BCUT2D eigenvalue weighted by molar-refractivity contribution is 0.102. The molecule has 0 unspecified atom stereocenters. The third-order valence-electron chi connectivity index (χ3n) is 4.61. The number of imidazole rings is 1. The number of fused-ring (bicyclic) bond motifs is 1. The van der Waals surface area contributed by atoms with Gasteiger partial charge in [-0.25, -0.2) is 14.4 Å². The minimum atomic E-state index is -0.478. The van der Waals surface area contributed by atoms with Crippen LogP contribution in [0.1, 0.15) is 23.3 Å². The summed E-state index contributed by atoms with van der Waals surface area (Å²) in [5.41, 5.74) is 0.766. The molecular weight excluding hydrogens is 349 g/mol. The lowest BCUT2D eigenvalue weighted by Crippen LogP contribution is -2.35. The molecule has 0 aliphatic carbocycles. The van der Waals surface area contributed by atoms with Crippen molar-refractivity contribution in [2.24, 2.45) is 0 Å². The van der Waals surface area contributed by atoms with Gasteiger partial charge in [-0.2, -0.15) is 0 Å². The molecule has 1 aliphatic heterocycles. The molecule has 1 amide bonds. The summed E-state index contributed by atoms with van der Waals surface area (Å²) in [5.74, 6) is -0.366. The third-order valence-corrected chi connectivity index (χ3v) is 4.61. The number of hydrogen-bond acceptors (Lipinski definition) is 5. The maximum atomic E-state index is 13.7. The average molecular weight is 369 g/mol. The highest BCUT2D eigenvalue weighted by Crippen LogP contribution is 2.18. The van der Waals surface area contributed by atoms with Crippen LogP contribution in [-0.4, -0.2) is 51.4 Å². The maximum Gasteiger partial charge on any atom is 0.275 e. The highest BCUT2D eigenvalue weighted by Gasteiger charge is 2.18. The van der Waals surface area contributed by atoms with E-state index in [-0.39, 0.29) is 17.4 Å². The topological polar surface area (TPSA) is 71.8 Å². The molecule has 0 atom stereocenters. The Kier molecular flexibility index (Phi) is 4.72. The SMILES string of the molecule is CN1CCC(Oc2ccc(NC(=O)c3cn4cccc(F)c4n3)cn2)CC1. The molecule has 0 bridgehead atoms. The molecule has 1 fully saturated rings. The van der Waals surface area contributed by atoms with Gasteiger partial charge in [0, 0.05) is 31.5 Å². The molecule has 0 spiro atoms. The molecule has 4 rings (SSSR count). The molecule has 27 heavy (non-hydrogen) atoms. The predicted molar refractivity (Wildman–Crippen MR) is 98.5 cm³/mol. The number of rotatable bonds is 4. The Morgan fingerprint density at radius 1 is 1.30 bits per heavy atom. The number of amides is 1. The Balaban J connectivity index is 1.40. The summed E-state index contributed by atoms with van der Waals surface area (Å²) in [4.78, 5) is 22.9. The fourth-order valence-corrected chi connectivity index (χ4v) is 3.08. The molecule has 1 saturated heterocycles. The van der Waals surface area contributed by atoms with E-state index in [9.17, 15) is 9.18 Å². The second-order valence-electron chi connectivity index (χ2n) is 6.67. The van der Waals surface area contributed by atoms with Gasteiger partial charge in [0.1, 0.15) is 11.8 Å². The summed E-state index contributed by atoms with van der Waals surface area (Å²) in [5, 5.41) is 2.71. The molecule has 8 heteroatoms. The molecule has 0 radical (unpaired) electrons. The van der Waals surface area contributed by atoms with Crippen molar-refractivity contribution in [2.45, 2.75) is 18.9 Å². The number of halogens is 1. The van der Waals surface area contributed by atoms with Crippen molar-refractivity contribution >= 4 is 17.2 Å². The Morgan fingerprint density at radius 3 is 2.81 bits per heavy atom. The van der Waals surface area contributed by atoms with Crippen LogP contribution in [0.2, 0.25) is 0 Å². The summed E-state index contributed by atoms with van der Waals surface area (Å²) in [6.07, 6.45) is 6.78. The molecule has 3 aromatic heterocycles. The van der Waals surface area contributed by atoms with E-state index in [0.29, 0.717) is 11.6 Å². The molecular formula is C19H20FN5O2. The van der Waals surface area contributed by atoms with Crippen LogP contribution >= 0.6 is 0 Å². The van der Waals surface area contributed by atoms with Crippen molar-refractivity contribution < 1.29 is 13.9 Å². The normalized spacial score (nSPS) is 15.8. The van der Waals surface area contributed by atoms with E-state index in [1.165, 1.54) is 16.7 Å². The number of pyridine rings is 2. The van der Waals surface area contributed by atoms with Crippen molar-refractivity contribution in [2.75, 3.05) is 25.5 Å². The van der Waals surface area contributed by atoms with Gasteiger partial charge in [0.05, 0.1) is 11.9 Å². The predicted octanol–water partition coefficient (Wildman–Crippen LogP) is 2.59. The Bertz CT molecular complexity index is 948. The van der Waals surface area contributed by atoms with E-state index in [2.05, 4.69) is 27.2 Å². The number of hydrogen-bond donors (Lipinski definition) is 1. The monoisotopic (exact) mass is 369 g/mol. The first kappa shape index (κ1) is 17.4. The summed E-state index contributed by atoms with van der Waals surface area (Å²) < 4.78 is 21.1. The van der Waals surface area contributed by atoms with Gasteiger partial charge in [0.2, 0.25) is 5.88 Å².